The van der Waals surface area contributed by atoms with Crippen LogP contribution in [-0.2, 0) is 37.9 Å². The summed E-state index contributed by atoms with van der Waals surface area (Å²) >= 11 is 0. The highest BCUT2D eigenvalue weighted by Crippen LogP contribution is 2.32. The standard InChI is InChI=1S/C28H42O10/c1-3-25-26-4-2-6-28(25)38-24-22-36-20-18-34-16-14-32-12-10-30-8-7-29-9-11-31-13-15-33-17-19-35-21-23-37-27(26)5-1/h1-6H,7-24H2. The van der Waals surface area contributed by atoms with Crippen LogP contribution in [0.3, 0.4) is 0 Å². The van der Waals surface area contributed by atoms with E-state index in [0.717, 1.165) is 22.3 Å². The van der Waals surface area contributed by atoms with Crippen LogP contribution < -0.4 is 9.47 Å². The SMILES string of the molecule is c1cc2c3cccc(c3c1)OCCOCCOCCOCCOCCOCCOCCOCCOCCO2. The summed E-state index contributed by atoms with van der Waals surface area (Å²) in [5.41, 5.74) is 0. The second-order valence-electron chi connectivity index (χ2n) is 8.20. The number of ether oxygens (including phenoxy) is 10. The van der Waals surface area contributed by atoms with Gasteiger partial charge in [-0.2, -0.15) is 0 Å². The zero-order valence-corrected chi connectivity index (χ0v) is 22.3. The lowest BCUT2D eigenvalue weighted by Crippen LogP contribution is -2.15. The van der Waals surface area contributed by atoms with Gasteiger partial charge in [-0.25, -0.2) is 0 Å². The van der Waals surface area contributed by atoms with E-state index in [0.29, 0.717) is 119 Å². The van der Waals surface area contributed by atoms with E-state index in [1.165, 1.54) is 0 Å². The maximum Gasteiger partial charge on any atom is 0.127 e. The van der Waals surface area contributed by atoms with Gasteiger partial charge in [-0.05, 0) is 12.1 Å². The van der Waals surface area contributed by atoms with Gasteiger partial charge in [-0.1, -0.05) is 24.3 Å². The Morgan fingerprint density at radius 1 is 0.289 bits per heavy atom. The smallest absolute Gasteiger partial charge is 0.127 e. The molecule has 0 radical (unpaired) electrons. The minimum Gasteiger partial charge on any atom is -0.491 e. The van der Waals surface area contributed by atoms with Crippen molar-refractivity contribution >= 4 is 10.8 Å². The number of hydrogen-bond donors (Lipinski definition) is 0. The molecular weight excluding hydrogens is 496 g/mol. The van der Waals surface area contributed by atoms with Gasteiger partial charge in [0.25, 0.3) is 0 Å². The van der Waals surface area contributed by atoms with Gasteiger partial charge in [0.2, 0.25) is 0 Å². The quantitative estimate of drug-likeness (QED) is 0.499. The Kier molecular flexibility index (Phi) is 16.8. The van der Waals surface area contributed by atoms with E-state index in [1.54, 1.807) is 0 Å². The van der Waals surface area contributed by atoms with E-state index in [9.17, 15) is 0 Å². The molecule has 2 aromatic carbocycles. The first kappa shape index (κ1) is 30.5. The van der Waals surface area contributed by atoms with E-state index in [-0.39, 0.29) is 0 Å². The molecule has 38 heavy (non-hydrogen) atoms. The van der Waals surface area contributed by atoms with Crippen LogP contribution in [0.4, 0.5) is 0 Å². The molecule has 0 N–H and O–H groups in total. The lowest BCUT2D eigenvalue weighted by Gasteiger charge is -2.13. The molecule has 1 aliphatic heterocycles. The van der Waals surface area contributed by atoms with Crippen LogP contribution in [0.1, 0.15) is 0 Å². The van der Waals surface area contributed by atoms with E-state index in [2.05, 4.69) is 0 Å². The Labute approximate surface area is 225 Å². The molecule has 0 aliphatic carbocycles. The molecule has 1 aliphatic rings. The van der Waals surface area contributed by atoms with E-state index < -0.39 is 0 Å². The first-order chi connectivity index (χ1) is 18.9. The molecule has 10 nitrogen and oxygen atoms in total. The zero-order valence-electron chi connectivity index (χ0n) is 22.3. The number of rotatable bonds is 0. The van der Waals surface area contributed by atoms with Crippen LogP contribution in [-0.4, -0.2) is 119 Å². The molecular formula is C28H42O10. The van der Waals surface area contributed by atoms with Gasteiger partial charge < -0.3 is 47.4 Å². The predicted octanol–water partition coefficient (Wildman–Crippen LogP) is 2.74. The maximum absolute atomic E-state index is 5.97. The fraction of sp³-hybridized carbons (Fsp3) is 0.643. The molecule has 0 aromatic heterocycles. The first-order valence-electron chi connectivity index (χ1n) is 13.3. The zero-order chi connectivity index (χ0) is 26.4. The molecule has 0 saturated carbocycles. The van der Waals surface area contributed by atoms with Gasteiger partial charge in [0.05, 0.1) is 106 Å². The molecule has 2 aromatic rings. The van der Waals surface area contributed by atoms with Gasteiger partial charge in [0, 0.05) is 10.8 Å². The van der Waals surface area contributed by atoms with Gasteiger partial charge in [-0.3, -0.25) is 0 Å². The normalized spacial score (nSPS) is 20.4. The number of hydrogen-bond acceptors (Lipinski definition) is 10. The Morgan fingerprint density at radius 3 is 0.789 bits per heavy atom. The van der Waals surface area contributed by atoms with Crippen LogP contribution in [0.25, 0.3) is 10.8 Å². The average Bonchev–Trinajstić information content (AvgIpc) is 2.94. The summed E-state index contributed by atoms with van der Waals surface area (Å²) in [6, 6.07) is 11.9. The Morgan fingerprint density at radius 2 is 0.526 bits per heavy atom. The van der Waals surface area contributed by atoms with Crippen LogP contribution in [0.2, 0.25) is 0 Å². The highest BCUT2D eigenvalue weighted by Gasteiger charge is 2.07. The van der Waals surface area contributed by atoms with Gasteiger partial charge in [0.1, 0.15) is 24.7 Å². The fourth-order valence-corrected chi connectivity index (χ4v) is 3.57. The molecule has 0 spiro atoms. The van der Waals surface area contributed by atoms with Crippen molar-refractivity contribution in [1.82, 2.24) is 0 Å². The number of benzene rings is 2. The van der Waals surface area contributed by atoms with Gasteiger partial charge in [0.15, 0.2) is 0 Å². The van der Waals surface area contributed by atoms with Crippen LogP contribution in [0.15, 0.2) is 36.4 Å². The van der Waals surface area contributed by atoms with Crippen molar-refractivity contribution in [3.05, 3.63) is 36.4 Å². The Hall–Kier alpha value is -2.02. The van der Waals surface area contributed by atoms with E-state index in [1.807, 2.05) is 36.4 Å². The van der Waals surface area contributed by atoms with Crippen molar-refractivity contribution < 1.29 is 47.4 Å². The maximum atomic E-state index is 5.97. The summed E-state index contributed by atoms with van der Waals surface area (Å²) in [5, 5.41) is 1.99. The Balaban J connectivity index is 1.39. The third kappa shape index (κ3) is 13.2. The van der Waals surface area contributed by atoms with Crippen molar-refractivity contribution in [2.75, 3.05) is 119 Å². The van der Waals surface area contributed by atoms with Gasteiger partial charge >= 0.3 is 0 Å². The average molecular weight is 539 g/mol. The molecule has 0 saturated heterocycles. The summed E-state index contributed by atoms with van der Waals surface area (Å²) in [6.07, 6.45) is 0. The minimum absolute atomic E-state index is 0.445. The highest BCUT2D eigenvalue weighted by atomic mass is 16.6. The highest BCUT2D eigenvalue weighted by molar-refractivity contribution is 5.93. The molecule has 10 heteroatoms. The summed E-state index contributed by atoms with van der Waals surface area (Å²) in [4.78, 5) is 0. The third-order valence-electron chi connectivity index (χ3n) is 5.42. The van der Waals surface area contributed by atoms with Crippen molar-refractivity contribution in [1.29, 1.82) is 0 Å². The van der Waals surface area contributed by atoms with Crippen molar-refractivity contribution in [2.24, 2.45) is 0 Å². The fourth-order valence-electron chi connectivity index (χ4n) is 3.57. The second kappa shape index (κ2) is 20.9. The summed E-state index contributed by atoms with van der Waals surface area (Å²) in [7, 11) is 0. The molecule has 3 rings (SSSR count). The van der Waals surface area contributed by atoms with Crippen molar-refractivity contribution in [3.8, 4) is 11.5 Å². The lowest BCUT2D eigenvalue weighted by atomic mass is 10.1. The van der Waals surface area contributed by atoms with Gasteiger partial charge in [-0.15, -0.1) is 0 Å². The monoisotopic (exact) mass is 538 g/mol. The molecule has 0 fully saturated rings. The van der Waals surface area contributed by atoms with Crippen LogP contribution >= 0.6 is 0 Å². The van der Waals surface area contributed by atoms with E-state index in [4.69, 9.17) is 47.4 Å². The molecule has 0 atom stereocenters. The third-order valence-corrected chi connectivity index (χ3v) is 5.42. The molecule has 4 bridgehead atoms. The summed E-state index contributed by atoms with van der Waals surface area (Å²) in [5.74, 6) is 1.59. The lowest BCUT2D eigenvalue weighted by molar-refractivity contribution is -0.0241. The first-order valence-corrected chi connectivity index (χ1v) is 13.3. The summed E-state index contributed by atoms with van der Waals surface area (Å²) in [6.45, 7) is 9.05. The molecule has 0 amide bonds. The van der Waals surface area contributed by atoms with E-state index >= 15 is 0 Å². The van der Waals surface area contributed by atoms with Crippen molar-refractivity contribution in [2.45, 2.75) is 0 Å². The predicted molar refractivity (Wildman–Crippen MR) is 141 cm³/mol. The van der Waals surface area contributed by atoms with Crippen molar-refractivity contribution in [3.63, 3.8) is 0 Å². The van der Waals surface area contributed by atoms with Crippen LogP contribution in [0, 0.1) is 0 Å². The molecule has 0 unspecified atom stereocenters. The largest absolute Gasteiger partial charge is 0.491 e. The second-order valence-corrected chi connectivity index (χ2v) is 8.20. The molecule has 214 valence electrons. The van der Waals surface area contributed by atoms with Crippen LogP contribution in [0.5, 0.6) is 11.5 Å². The molecule has 1 heterocycles. The Bertz CT molecular complexity index is 780. The topological polar surface area (TPSA) is 92.3 Å². The minimum atomic E-state index is 0.445. The summed E-state index contributed by atoms with van der Waals surface area (Å²) < 4.78 is 56.2.